The largest absolute Gasteiger partial charge is 0.388 e. The molecule has 1 atom stereocenters. The Hall–Kier alpha value is 1.14. The minimum Gasteiger partial charge on any atom is -0.388 e. The normalized spacial score (nSPS) is 12.9. The molecule has 0 aliphatic rings. The predicted octanol–water partition coefficient (Wildman–Crippen LogP) is 3.50. The Morgan fingerprint density at radius 2 is 1.90 bits per heavy atom. The lowest BCUT2D eigenvalue weighted by atomic mass is 10.2. The van der Waals surface area contributed by atoms with E-state index in [0.29, 0.717) is 0 Å². The lowest BCUT2D eigenvalue weighted by molar-refractivity contribution is 0.209. The number of hydrogen-bond donors (Lipinski definition) is 1. The monoisotopic (exact) mass is 334 g/mol. The summed E-state index contributed by atoms with van der Waals surface area (Å²) in [6, 6.07) is 0. The standard InChI is InChI=1S/C6H9Br3O/c1-2-3-4(10)5(7)6(8)9/h4,10H,2-3H2,1H3. The van der Waals surface area contributed by atoms with Crippen LogP contribution in [0.3, 0.4) is 0 Å². The lowest BCUT2D eigenvalue weighted by Gasteiger charge is -2.07. The Balaban J connectivity index is 3.94. The van der Waals surface area contributed by atoms with Gasteiger partial charge in [-0.25, -0.2) is 0 Å². The second-order valence-corrected chi connectivity index (χ2v) is 5.42. The number of halogens is 3. The summed E-state index contributed by atoms with van der Waals surface area (Å²) < 4.78 is 1.55. The summed E-state index contributed by atoms with van der Waals surface area (Å²) in [5, 5.41) is 9.32. The number of hydrogen-bond acceptors (Lipinski definition) is 1. The third-order valence-electron chi connectivity index (χ3n) is 1.04. The van der Waals surface area contributed by atoms with E-state index in [1.54, 1.807) is 0 Å². The Bertz CT molecular complexity index is 129. The molecule has 0 fully saturated rings. The number of aliphatic hydroxyl groups is 1. The van der Waals surface area contributed by atoms with Gasteiger partial charge < -0.3 is 5.11 Å². The summed E-state index contributed by atoms with van der Waals surface area (Å²) in [5.74, 6) is 0. The molecular weight excluding hydrogens is 328 g/mol. The molecule has 0 amide bonds. The van der Waals surface area contributed by atoms with E-state index in [0.717, 1.165) is 20.7 Å². The number of aliphatic hydroxyl groups excluding tert-OH is 1. The maximum Gasteiger partial charge on any atom is 0.0871 e. The van der Waals surface area contributed by atoms with Crippen molar-refractivity contribution >= 4 is 47.8 Å². The molecule has 0 spiro atoms. The number of rotatable bonds is 3. The topological polar surface area (TPSA) is 20.2 Å². The first-order valence-corrected chi connectivity index (χ1v) is 5.36. The molecule has 0 rings (SSSR count). The van der Waals surface area contributed by atoms with Gasteiger partial charge in [-0.15, -0.1) is 0 Å². The van der Waals surface area contributed by atoms with Crippen molar-refractivity contribution in [2.24, 2.45) is 0 Å². The summed E-state index contributed by atoms with van der Waals surface area (Å²) >= 11 is 9.64. The highest BCUT2D eigenvalue weighted by atomic mass is 79.9. The van der Waals surface area contributed by atoms with E-state index in [1.165, 1.54) is 0 Å². The molecule has 0 aromatic rings. The maximum absolute atomic E-state index is 9.32. The molecular formula is C6H9Br3O. The van der Waals surface area contributed by atoms with E-state index in [2.05, 4.69) is 47.8 Å². The highest BCUT2D eigenvalue weighted by Gasteiger charge is 2.08. The summed E-state index contributed by atoms with van der Waals surface area (Å²) in [6.45, 7) is 2.03. The van der Waals surface area contributed by atoms with E-state index in [-0.39, 0.29) is 0 Å². The van der Waals surface area contributed by atoms with Crippen LogP contribution in [-0.4, -0.2) is 11.2 Å². The molecule has 0 aliphatic carbocycles. The van der Waals surface area contributed by atoms with E-state index in [1.807, 2.05) is 6.92 Å². The Morgan fingerprint density at radius 1 is 1.40 bits per heavy atom. The van der Waals surface area contributed by atoms with Crippen LogP contribution in [0.2, 0.25) is 0 Å². The highest BCUT2D eigenvalue weighted by Crippen LogP contribution is 2.27. The van der Waals surface area contributed by atoms with Crippen molar-refractivity contribution in [3.63, 3.8) is 0 Å². The maximum atomic E-state index is 9.32. The van der Waals surface area contributed by atoms with Crippen LogP contribution in [0.15, 0.2) is 7.87 Å². The van der Waals surface area contributed by atoms with Gasteiger partial charge in [-0.1, -0.05) is 29.3 Å². The van der Waals surface area contributed by atoms with Gasteiger partial charge in [-0.3, -0.25) is 0 Å². The quantitative estimate of drug-likeness (QED) is 0.836. The van der Waals surface area contributed by atoms with Crippen molar-refractivity contribution in [3.8, 4) is 0 Å². The molecule has 0 heterocycles. The molecule has 0 radical (unpaired) electrons. The van der Waals surface area contributed by atoms with Crippen LogP contribution < -0.4 is 0 Å². The van der Waals surface area contributed by atoms with Crippen molar-refractivity contribution in [2.45, 2.75) is 25.9 Å². The first-order valence-electron chi connectivity index (χ1n) is 2.98. The van der Waals surface area contributed by atoms with Crippen molar-refractivity contribution in [3.05, 3.63) is 7.87 Å². The molecule has 0 bridgehead atoms. The Labute approximate surface area is 86.3 Å². The van der Waals surface area contributed by atoms with Crippen LogP contribution in [0, 0.1) is 0 Å². The molecule has 60 valence electrons. The van der Waals surface area contributed by atoms with Gasteiger partial charge >= 0.3 is 0 Å². The predicted molar refractivity (Wildman–Crippen MR) is 54.7 cm³/mol. The molecule has 0 aromatic heterocycles. The second-order valence-electron chi connectivity index (χ2n) is 1.91. The fourth-order valence-corrected chi connectivity index (χ4v) is 1.28. The van der Waals surface area contributed by atoms with Gasteiger partial charge in [0.05, 0.1) is 9.50 Å². The van der Waals surface area contributed by atoms with Gasteiger partial charge in [0, 0.05) is 4.48 Å². The van der Waals surface area contributed by atoms with Crippen molar-refractivity contribution in [2.75, 3.05) is 0 Å². The van der Waals surface area contributed by atoms with Crippen LogP contribution in [0.5, 0.6) is 0 Å². The average Bonchev–Trinajstić information content (AvgIpc) is 1.87. The third-order valence-corrected chi connectivity index (χ3v) is 3.88. The first kappa shape index (κ1) is 11.1. The SMILES string of the molecule is CCCC(O)C(Br)=C(Br)Br. The molecule has 0 aliphatic heterocycles. The van der Waals surface area contributed by atoms with E-state index in [4.69, 9.17) is 0 Å². The molecule has 1 N–H and O–H groups in total. The summed E-state index contributed by atoms with van der Waals surface area (Å²) in [4.78, 5) is 0. The van der Waals surface area contributed by atoms with Gasteiger partial charge in [-0.2, -0.15) is 0 Å². The molecule has 1 nitrogen and oxygen atoms in total. The van der Waals surface area contributed by atoms with Gasteiger partial charge in [0.25, 0.3) is 0 Å². The zero-order valence-electron chi connectivity index (χ0n) is 5.57. The Morgan fingerprint density at radius 3 is 2.20 bits per heavy atom. The minimum absolute atomic E-state index is 0.390. The Kier molecular flexibility index (Phi) is 6.40. The average molecular weight is 337 g/mol. The van der Waals surface area contributed by atoms with Gasteiger partial charge in [0.15, 0.2) is 0 Å². The molecule has 0 aromatic carbocycles. The van der Waals surface area contributed by atoms with Crippen LogP contribution >= 0.6 is 47.8 Å². The van der Waals surface area contributed by atoms with E-state index in [9.17, 15) is 5.11 Å². The molecule has 0 saturated heterocycles. The molecule has 10 heavy (non-hydrogen) atoms. The summed E-state index contributed by atoms with van der Waals surface area (Å²) in [6.07, 6.45) is 1.36. The van der Waals surface area contributed by atoms with Crippen LogP contribution in [0.25, 0.3) is 0 Å². The van der Waals surface area contributed by atoms with Crippen LogP contribution in [0.4, 0.5) is 0 Å². The highest BCUT2D eigenvalue weighted by molar-refractivity contribution is 9.29. The summed E-state index contributed by atoms with van der Waals surface area (Å²) in [5.41, 5.74) is 0. The smallest absolute Gasteiger partial charge is 0.0871 e. The van der Waals surface area contributed by atoms with Crippen molar-refractivity contribution < 1.29 is 5.11 Å². The van der Waals surface area contributed by atoms with Crippen molar-refractivity contribution in [1.82, 2.24) is 0 Å². The lowest BCUT2D eigenvalue weighted by Crippen LogP contribution is -2.05. The van der Waals surface area contributed by atoms with Crippen LogP contribution in [-0.2, 0) is 0 Å². The summed E-state index contributed by atoms with van der Waals surface area (Å²) in [7, 11) is 0. The fraction of sp³-hybridized carbons (Fsp3) is 0.667. The fourth-order valence-electron chi connectivity index (χ4n) is 0.526. The molecule has 0 saturated carbocycles. The molecule has 1 unspecified atom stereocenters. The molecule has 4 heteroatoms. The first-order chi connectivity index (χ1) is 4.59. The zero-order valence-corrected chi connectivity index (χ0v) is 10.3. The zero-order chi connectivity index (χ0) is 8.15. The minimum atomic E-state index is -0.390. The van der Waals surface area contributed by atoms with E-state index < -0.39 is 6.10 Å². The van der Waals surface area contributed by atoms with Gasteiger partial charge in [0.1, 0.15) is 0 Å². The second kappa shape index (κ2) is 5.75. The van der Waals surface area contributed by atoms with E-state index >= 15 is 0 Å². The van der Waals surface area contributed by atoms with Crippen molar-refractivity contribution in [1.29, 1.82) is 0 Å². The van der Waals surface area contributed by atoms with Gasteiger partial charge in [0.2, 0.25) is 0 Å². The van der Waals surface area contributed by atoms with Gasteiger partial charge in [-0.05, 0) is 38.3 Å². The van der Waals surface area contributed by atoms with Crippen LogP contribution in [0.1, 0.15) is 19.8 Å². The third kappa shape index (κ3) is 4.11.